The Morgan fingerprint density at radius 3 is 3.00 bits per heavy atom. The molecule has 0 saturated heterocycles. The Morgan fingerprint density at radius 2 is 2.45 bits per heavy atom. The van der Waals surface area contributed by atoms with Crippen LogP contribution in [-0.2, 0) is 0 Å². The van der Waals surface area contributed by atoms with Gasteiger partial charge in [0.15, 0.2) is 4.74 Å². The van der Waals surface area contributed by atoms with E-state index in [9.17, 15) is 4.39 Å². The number of nitrogens with zero attached hydrogens (tertiary/aromatic N) is 1. The number of hydrogen-bond donors (Lipinski definition) is 0. The third-order valence-corrected chi connectivity index (χ3v) is 1.58. The highest BCUT2D eigenvalue weighted by atomic mass is 79.9. The second kappa shape index (κ2) is 3.83. The van der Waals surface area contributed by atoms with Gasteiger partial charge in [0.25, 0.3) is 0 Å². The van der Waals surface area contributed by atoms with Crippen molar-refractivity contribution in [1.82, 2.24) is 4.98 Å². The van der Waals surface area contributed by atoms with Gasteiger partial charge in [0.2, 0.25) is 0 Å². The van der Waals surface area contributed by atoms with Gasteiger partial charge in [-0.2, -0.15) is 4.39 Å². The summed E-state index contributed by atoms with van der Waals surface area (Å²) in [7, 11) is 0. The van der Waals surface area contributed by atoms with E-state index in [0.717, 1.165) is 0 Å². The molecule has 4 heteroatoms. The van der Waals surface area contributed by atoms with Crippen molar-refractivity contribution in [3.8, 4) is 0 Å². The zero-order valence-electron chi connectivity index (χ0n) is 5.39. The molecule has 0 saturated carbocycles. The summed E-state index contributed by atoms with van der Waals surface area (Å²) in [6.07, 6.45) is 2.76. The summed E-state index contributed by atoms with van der Waals surface area (Å²) in [5.74, 6) is 0. The lowest BCUT2D eigenvalue weighted by Crippen LogP contribution is -1.79. The van der Waals surface area contributed by atoms with Crippen molar-refractivity contribution in [3.05, 3.63) is 33.8 Å². The van der Waals surface area contributed by atoms with Crippen LogP contribution in [0.25, 0.3) is 6.08 Å². The zero-order valence-corrected chi connectivity index (χ0v) is 7.73. The first-order valence-electron chi connectivity index (χ1n) is 2.83. The van der Waals surface area contributed by atoms with Crippen molar-refractivity contribution in [2.45, 2.75) is 0 Å². The number of aromatic nitrogens is 1. The molecule has 0 aliphatic carbocycles. The SMILES string of the molecule is F/C(Br)=C\c1ncccc1Cl. The van der Waals surface area contributed by atoms with Crippen LogP contribution in [0.15, 0.2) is 23.1 Å². The van der Waals surface area contributed by atoms with Gasteiger partial charge in [0.05, 0.1) is 10.7 Å². The fourth-order valence-electron chi connectivity index (χ4n) is 0.607. The van der Waals surface area contributed by atoms with Crippen LogP contribution in [0.5, 0.6) is 0 Å². The van der Waals surface area contributed by atoms with Gasteiger partial charge >= 0.3 is 0 Å². The Labute approximate surface area is 77.0 Å². The van der Waals surface area contributed by atoms with Gasteiger partial charge in [-0.3, -0.25) is 4.98 Å². The van der Waals surface area contributed by atoms with E-state index in [1.165, 1.54) is 6.08 Å². The number of rotatable bonds is 1. The molecule has 1 aromatic rings. The molecular weight excluding hydrogens is 232 g/mol. The minimum Gasteiger partial charge on any atom is -0.255 e. The summed E-state index contributed by atoms with van der Waals surface area (Å²) >= 11 is 8.31. The summed E-state index contributed by atoms with van der Waals surface area (Å²) < 4.78 is 11.8. The fourth-order valence-corrected chi connectivity index (χ4v) is 1.00. The molecule has 0 aromatic carbocycles. The first-order valence-corrected chi connectivity index (χ1v) is 4.00. The van der Waals surface area contributed by atoms with E-state index in [1.54, 1.807) is 18.3 Å². The molecule has 0 bridgehead atoms. The van der Waals surface area contributed by atoms with Crippen molar-refractivity contribution in [2.24, 2.45) is 0 Å². The first-order chi connectivity index (χ1) is 5.20. The van der Waals surface area contributed by atoms with Crippen molar-refractivity contribution in [3.63, 3.8) is 0 Å². The average molecular weight is 236 g/mol. The number of halogens is 3. The van der Waals surface area contributed by atoms with E-state index in [1.807, 2.05) is 0 Å². The van der Waals surface area contributed by atoms with E-state index in [2.05, 4.69) is 20.9 Å². The largest absolute Gasteiger partial charge is 0.255 e. The lowest BCUT2D eigenvalue weighted by Gasteiger charge is -1.93. The zero-order chi connectivity index (χ0) is 8.27. The van der Waals surface area contributed by atoms with Crippen LogP contribution in [0.4, 0.5) is 4.39 Å². The van der Waals surface area contributed by atoms with Crippen LogP contribution in [0.3, 0.4) is 0 Å². The van der Waals surface area contributed by atoms with Crippen LogP contribution in [0.2, 0.25) is 5.02 Å². The molecule has 0 aliphatic heterocycles. The Hall–Kier alpha value is -0.410. The van der Waals surface area contributed by atoms with Crippen molar-refractivity contribution in [2.75, 3.05) is 0 Å². The van der Waals surface area contributed by atoms with Crippen molar-refractivity contribution >= 4 is 33.6 Å². The quantitative estimate of drug-likeness (QED) is 0.728. The van der Waals surface area contributed by atoms with Crippen molar-refractivity contribution < 1.29 is 4.39 Å². The topological polar surface area (TPSA) is 12.9 Å². The molecular formula is C7H4BrClFN. The molecule has 1 nitrogen and oxygen atoms in total. The monoisotopic (exact) mass is 235 g/mol. The van der Waals surface area contributed by atoms with Gasteiger partial charge in [-0.1, -0.05) is 11.6 Å². The number of pyridine rings is 1. The molecule has 1 heterocycles. The Bertz CT molecular complexity index is 284. The lowest BCUT2D eigenvalue weighted by atomic mass is 10.3. The highest BCUT2D eigenvalue weighted by molar-refractivity contribution is 9.11. The standard InChI is InChI=1S/C7H4BrClFN/c8-7(10)4-6-5(9)2-1-3-11-6/h1-4H/b7-4-. The highest BCUT2D eigenvalue weighted by Crippen LogP contribution is 2.18. The first kappa shape index (κ1) is 8.68. The minimum absolute atomic E-state index is 0.420. The maximum atomic E-state index is 12.2. The normalized spacial score (nSPS) is 11.7. The van der Waals surface area contributed by atoms with E-state index in [4.69, 9.17) is 11.6 Å². The highest BCUT2D eigenvalue weighted by Gasteiger charge is 1.96. The molecule has 0 spiro atoms. The lowest BCUT2D eigenvalue weighted by molar-refractivity contribution is 0.711. The summed E-state index contributed by atoms with van der Waals surface area (Å²) in [6, 6.07) is 3.34. The van der Waals surface area contributed by atoms with Crippen molar-refractivity contribution in [1.29, 1.82) is 0 Å². The van der Waals surface area contributed by atoms with Crippen LogP contribution in [-0.4, -0.2) is 4.98 Å². The van der Waals surface area contributed by atoms with E-state index in [-0.39, 0.29) is 0 Å². The molecule has 1 rings (SSSR count). The summed E-state index contributed by atoms with van der Waals surface area (Å²) in [6.45, 7) is 0. The summed E-state index contributed by atoms with van der Waals surface area (Å²) in [5, 5.41) is 0.433. The average Bonchev–Trinajstić information content (AvgIpc) is 1.93. The van der Waals surface area contributed by atoms with Crippen LogP contribution in [0, 0.1) is 0 Å². The third kappa shape index (κ3) is 2.60. The van der Waals surface area contributed by atoms with E-state index < -0.39 is 4.74 Å². The van der Waals surface area contributed by atoms with Crippen LogP contribution < -0.4 is 0 Å². The molecule has 0 aliphatic rings. The fraction of sp³-hybridized carbons (Fsp3) is 0. The van der Waals surface area contributed by atoms with Gasteiger partial charge in [-0.25, -0.2) is 0 Å². The van der Waals surface area contributed by atoms with Crippen LogP contribution >= 0.6 is 27.5 Å². The molecule has 0 amide bonds. The molecule has 58 valence electrons. The van der Waals surface area contributed by atoms with E-state index in [0.29, 0.717) is 10.7 Å². The second-order valence-electron chi connectivity index (χ2n) is 1.80. The van der Waals surface area contributed by atoms with Crippen LogP contribution in [0.1, 0.15) is 5.69 Å². The van der Waals surface area contributed by atoms with Gasteiger partial charge in [-0.15, -0.1) is 0 Å². The minimum atomic E-state index is -0.488. The number of hydrogen-bond acceptors (Lipinski definition) is 1. The Morgan fingerprint density at radius 1 is 1.73 bits per heavy atom. The van der Waals surface area contributed by atoms with Gasteiger partial charge in [-0.05, 0) is 28.1 Å². The van der Waals surface area contributed by atoms with Gasteiger partial charge in [0, 0.05) is 12.3 Å². The summed E-state index contributed by atoms with van der Waals surface area (Å²) in [5.41, 5.74) is 0.420. The van der Waals surface area contributed by atoms with E-state index >= 15 is 0 Å². The third-order valence-electron chi connectivity index (χ3n) is 1.03. The molecule has 0 N–H and O–H groups in total. The summed E-state index contributed by atoms with van der Waals surface area (Å²) in [4.78, 5) is 3.84. The predicted molar refractivity (Wildman–Crippen MR) is 47.3 cm³/mol. The molecule has 0 unspecified atom stereocenters. The molecule has 1 aromatic heterocycles. The maximum absolute atomic E-state index is 12.2. The molecule has 0 fully saturated rings. The molecule has 0 radical (unpaired) electrons. The molecule has 0 atom stereocenters. The van der Waals surface area contributed by atoms with Gasteiger partial charge in [0.1, 0.15) is 0 Å². The van der Waals surface area contributed by atoms with Gasteiger partial charge < -0.3 is 0 Å². The smallest absolute Gasteiger partial charge is 0.167 e. The maximum Gasteiger partial charge on any atom is 0.167 e. The predicted octanol–water partition coefficient (Wildman–Crippen LogP) is 3.40. The Kier molecular flexibility index (Phi) is 3.02. The Balaban J connectivity index is 3.04. The molecule has 11 heavy (non-hydrogen) atoms. The second-order valence-corrected chi connectivity index (χ2v) is 2.97.